The number of anilines is 1. The predicted octanol–water partition coefficient (Wildman–Crippen LogP) is 2.82. The third kappa shape index (κ3) is 4.56. The van der Waals surface area contributed by atoms with Gasteiger partial charge < -0.3 is 5.73 Å². The van der Waals surface area contributed by atoms with E-state index in [0.29, 0.717) is 17.3 Å². The van der Waals surface area contributed by atoms with Crippen LogP contribution < -0.4 is 16.1 Å². The van der Waals surface area contributed by atoms with Crippen LogP contribution >= 0.6 is 24.0 Å². The van der Waals surface area contributed by atoms with Crippen LogP contribution in [0, 0.1) is 12.3 Å². The van der Waals surface area contributed by atoms with E-state index >= 15 is 0 Å². The van der Waals surface area contributed by atoms with E-state index in [4.69, 9.17) is 27.6 Å². The number of para-hydroxylation sites is 1. The summed E-state index contributed by atoms with van der Waals surface area (Å²) in [6, 6.07) is 4.50. The first-order valence-corrected chi connectivity index (χ1v) is 6.17. The number of nitrogens with two attached hydrogens (primary N) is 1. The van der Waals surface area contributed by atoms with Crippen LogP contribution in [-0.4, -0.2) is 18.6 Å². The molecule has 1 rings (SSSR count). The van der Waals surface area contributed by atoms with Gasteiger partial charge in [-0.1, -0.05) is 30.7 Å². The molecule has 4 N–H and O–H groups in total. The molecule has 0 aliphatic rings. The average molecular weight is 321 g/mol. The van der Waals surface area contributed by atoms with Crippen LogP contribution in [0.15, 0.2) is 18.2 Å². The molecule has 0 radical (unpaired) electrons. The number of hydroxylamine groups is 1. The monoisotopic (exact) mass is 320 g/mol. The van der Waals surface area contributed by atoms with Gasteiger partial charge in [0.05, 0.1) is 17.3 Å². The first kappa shape index (κ1) is 18.5. The summed E-state index contributed by atoms with van der Waals surface area (Å²) >= 11 is 6.06. The number of nitrogens with one attached hydrogen (secondary N) is 2. The van der Waals surface area contributed by atoms with E-state index < -0.39 is 12.0 Å². The number of aryl methyl sites for hydroxylation is 1. The minimum Gasteiger partial charge on any atom is -0.369 e. The Morgan fingerprint density at radius 2 is 2.20 bits per heavy atom. The molecule has 0 saturated carbocycles. The summed E-state index contributed by atoms with van der Waals surface area (Å²) in [4.78, 5) is 17.9. The van der Waals surface area contributed by atoms with Gasteiger partial charge in [0.1, 0.15) is 0 Å². The molecule has 0 aliphatic heterocycles. The van der Waals surface area contributed by atoms with Crippen LogP contribution in [0.1, 0.15) is 18.9 Å². The van der Waals surface area contributed by atoms with E-state index in [1.807, 2.05) is 6.92 Å². The Balaban J connectivity index is 0.00000361. The molecule has 0 atom stereocenters. The standard InChI is InChI=1S/C12H17ClN4O2.ClH/c1-3-7-19-16-12(18)17(11(14)15)10-8(2)5-4-6-9(10)13;/h4-6H,3,7H2,1-2H3,(H3,14,15)(H,16,18);1H. The van der Waals surface area contributed by atoms with Gasteiger partial charge in [-0.05, 0) is 25.0 Å². The molecule has 8 heteroatoms. The van der Waals surface area contributed by atoms with Crippen molar-refractivity contribution in [1.29, 1.82) is 5.41 Å². The highest BCUT2D eigenvalue weighted by Crippen LogP contribution is 2.29. The Bertz CT molecular complexity index is 462. The zero-order valence-electron chi connectivity index (χ0n) is 11.3. The van der Waals surface area contributed by atoms with Crippen LogP contribution in [0.2, 0.25) is 5.02 Å². The molecule has 2 amide bonds. The quantitative estimate of drug-likeness (QED) is 0.345. The van der Waals surface area contributed by atoms with E-state index in [2.05, 4.69) is 5.48 Å². The summed E-state index contributed by atoms with van der Waals surface area (Å²) in [6.45, 7) is 4.06. The first-order valence-electron chi connectivity index (χ1n) is 5.80. The fourth-order valence-electron chi connectivity index (χ4n) is 1.50. The normalized spacial score (nSPS) is 9.55. The third-order valence-corrected chi connectivity index (χ3v) is 2.63. The molecule has 0 saturated heterocycles. The Hall–Kier alpha value is -1.50. The van der Waals surface area contributed by atoms with E-state index in [-0.39, 0.29) is 12.4 Å². The molecule has 0 bridgehead atoms. The van der Waals surface area contributed by atoms with Gasteiger partial charge in [-0.3, -0.25) is 10.2 Å². The lowest BCUT2D eigenvalue weighted by molar-refractivity contribution is 0.0650. The molecule has 112 valence electrons. The van der Waals surface area contributed by atoms with Crippen LogP contribution in [-0.2, 0) is 4.84 Å². The van der Waals surface area contributed by atoms with Crippen molar-refractivity contribution in [1.82, 2.24) is 5.48 Å². The van der Waals surface area contributed by atoms with E-state index in [0.717, 1.165) is 16.9 Å². The van der Waals surface area contributed by atoms with Gasteiger partial charge in [0.15, 0.2) is 0 Å². The zero-order chi connectivity index (χ0) is 14.4. The lowest BCUT2D eigenvalue weighted by Gasteiger charge is -2.23. The minimum atomic E-state index is -0.655. The lowest BCUT2D eigenvalue weighted by Crippen LogP contribution is -2.47. The molecule has 0 aliphatic carbocycles. The topological polar surface area (TPSA) is 91.4 Å². The second-order valence-electron chi connectivity index (χ2n) is 3.88. The summed E-state index contributed by atoms with van der Waals surface area (Å²) in [7, 11) is 0. The summed E-state index contributed by atoms with van der Waals surface area (Å²) in [5, 5.41) is 7.86. The highest BCUT2D eigenvalue weighted by atomic mass is 35.5. The van der Waals surface area contributed by atoms with Gasteiger partial charge in [0.25, 0.3) is 0 Å². The van der Waals surface area contributed by atoms with Crippen LogP contribution in [0.4, 0.5) is 10.5 Å². The summed E-state index contributed by atoms with van der Waals surface area (Å²) in [5.41, 5.74) is 8.77. The Morgan fingerprint density at radius 1 is 1.55 bits per heavy atom. The van der Waals surface area contributed by atoms with Crippen molar-refractivity contribution in [2.45, 2.75) is 20.3 Å². The molecule has 6 nitrogen and oxygen atoms in total. The lowest BCUT2D eigenvalue weighted by atomic mass is 10.2. The average Bonchev–Trinajstić information content (AvgIpc) is 2.33. The number of amides is 2. The van der Waals surface area contributed by atoms with Crippen molar-refractivity contribution in [3.05, 3.63) is 28.8 Å². The van der Waals surface area contributed by atoms with Gasteiger partial charge in [-0.2, -0.15) is 0 Å². The summed E-state index contributed by atoms with van der Waals surface area (Å²) < 4.78 is 0. The van der Waals surface area contributed by atoms with Crippen molar-refractivity contribution in [2.75, 3.05) is 11.5 Å². The van der Waals surface area contributed by atoms with Crippen LogP contribution in [0.3, 0.4) is 0 Å². The van der Waals surface area contributed by atoms with E-state index in [1.54, 1.807) is 25.1 Å². The number of carbonyl (C=O) groups is 1. The van der Waals surface area contributed by atoms with Crippen molar-refractivity contribution < 1.29 is 9.63 Å². The van der Waals surface area contributed by atoms with Gasteiger partial charge in [-0.25, -0.2) is 15.2 Å². The fourth-order valence-corrected chi connectivity index (χ4v) is 1.80. The van der Waals surface area contributed by atoms with Gasteiger partial charge >= 0.3 is 6.03 Å². The number of hydrogen-bond acceptors (Lipinski definition) is 3. The molecular weight excluding hydrogens is 303 g/mol. The maximum Gasteiger partial charge on any atom is 0.352 e. The largest absolute Gasteiger partial charge is 0.369 e. The number of guanidine groups is 1. The van der Waals surface area contributed by atoms with Crippen molar-refractivity contribution in [2.24, 2.45) is 5.73 Å². The number of benzene rings is 1. The molecule has 1 aromatic rings. The van der Waals surface area contributed by atoms with E-state index in [1.165, 1.54) is 0 Å². The highest BCUT2D eigenvalue weighted by molar-refractivity contribution is 6.35. The third-order valence-electron chi connectivity index (χ3n) is 2.32. The molecule has 20 heavy (non-hydrogen) atoms. The number of nitrogens with zero attached hydrogens (tertiary/aromatic N) is 1. The second-order valence-corrected chi connectivity index (χ2v) is 4.29. The van der Waals surface area contributed by atoms with Crippen molar-refractivity contribution in [3.8, 4) is 0 Å². The van der Waals surface area contributed by atoms with Gasteiger partial charge in [-0.15, -0.1) is 12.4 Å². The Kier molecular flexibility index (Phi) is 7.98. The van der Waals surface area contributed by atoms with Crippen molar-refractivity contribution >= 4 is 41.7 Å². The number of hydrogen-bond donors (Lipinski definition) is 3. The molecule has 1 aromatic carbocycles. The predicted molar refractivity (Wildman–Crippen MR) is 82.6 cm³/mol. The molecule has 0 heterocycles. The molecule has 0 unspecified atom stereocenters. The number of rotatable bonds is 4. The second kappa shape index (κ2) is 8.63. The fraction of sp³-hybridized carbons (Fsp3) is 0.333. The Morgan fingerprint density at radius 3 is 2.70 bits per heavy atom. The molecule has 0 fully saturated rings. The van der Waals surface area contributed by atoms with Crippen LogP contribution in [0.25, 0.3) is 0 Å². The first-order chi connectivity index (χ1) is 8.99. The van der Waals surface area contributed by atoms with Gasteiger partial charge in [0.2, 0.25) is 5.96 Å². The molecular formula is C12H18Cl2N4O2. The van der Waals surface area contributed by atoms with Gasteiger partial charge in [0, 0.05) is 0 Å². The maximum absolute atomic E-state index is 12.0. The summed E-state index contributed by atoms with van der Waals surface area (Å²) in [5.74, 6) is -0.436. The SMILES string of the molecule is CCCONC(=O)N(C(=N)N)c1c(C)cccc1Cl.Cl. The van der Waals surface area contributed by atoms with E-state index in [9.17, 15) is 4.79 Å². The number of halogens is 2. The smallest absolute Gasteiger partial charge is 0.352 e. The minimum absolute atomic E-state index is 0. The Labute approximate surface area is 129 Å². The maximum atomic E-state index is 12.0. The summed E-state index contributed by atoms with van der Waals surface area (Å²) in [6.07, 6.45) is 0.755. The number of carbonyl (C=O) groups excluding carboxylic acids is 1. The van der Waals surface area contributed by atoms with Crippen LogP contribution in [0.5, 0.6) is 0 Å². The molecule has 0 aromatic heterocycles. The zero-order valence-corrected chi connectivity index (χ0v) is 12.8. The van der Waals surface area contributed by atoms with Crippen molar-refractivity contribution in [3.63, 3.8) is 0 Å². The molecule has 0 spiro atoms. The highest BCUT2D eigenvalue weighted by Gasteiger charge is 2.23. The number of urea groups is 1.